The highest BCUT2D eigenvalue weighted by Gasteiger charge is 2.20. The number of hydrogen-bond donors (Lipinski definition) is 3. The van der Waals surface area contributed by atoms with E-state index in [0.717, 1.165) is 6.41 Å². The Morgan fingerprint density at radius 2 is 1.33 bits per heavy atom. The van der Waals surface area contributed by atoms with Crippen LogP contribution >= 0.6 is 0 Å². The molecule has 1 amide bonds. The zero-order valence-corrected chi connectivity index (χ0v) is 23.7. The fourth-order valence-corrected chi connectivity index (χ4v) is 4.40. The summed E-state index contributed by atoms with van der Waals surface area (Å²) in [4.78, 5) is 37.1. The first kappa shape index (κ1) is 31.1. The number of hydrogen-bond acceptors (Lipinski definition) is 5. The van der Waals surface area contributed by atoms with Gasteiger partial charge in [0.05, 0.1) is 5.56 Å². The Kier molecular flexibility index (Phi) is 10.2. The van der Waals surface area contributed by atoms with Crippen molar-refractivity contribution in [3.63, 3.8) is 0 Å². The van der Waals surface area contributed by atoms with Crippen molar-refractivity contribution in [2.75, 3.05) is 14.1 Å². The highest BCUT2D eigenvalue weighted by Crippen LogP contribution is 2.37. The van der Waals surface area contributed by atoms with Gasteiger partial charge in [0.2, 0.25) is 6.41 Å². The van der Waals surface area contributed by atoms with Crippen molar-refractivity contribution in [3.8, 4) is 11.5 Å². The molecule has 0 aliphatic heterocycles. The van der Waals surface area contributed by atoms with Gasteiger partial charge in [-0.1, -0.05) is 54.3 Å². The van der Waals surface area contributed by atoms with E-state index in [9.17, 15) is 34.8 Å². The number of pyridine rings is 1. The third-order valence-corrected chi connectivity index (χ3v) is 6.36. The van der Waals surface area contributed by atoms with Gasteiger partial charge < -0.3 is 25.3 Å². The number of aryl methyl sites for hydroxylation is 2. The van der Waals surface area contributed by atoms with Gasteiger partial charge in [-0.2, -0.15) is 0 Å². The van der Waals surface area contributed by atoms with Gasteiger partial charge >= 0.3 is 11.9 Å². The number of aromatic hydroxyl groups is 1. The first-order valence-corrected chi connectivity index (χ1v) is 12.9. The Hall–Kier alpha value is -5.44. The molecule has 0 saturated heterocycles. The Morgan fingerprint density at radius 1 is 0.833 bits per heavy atom. The van der Waals surface area contributed by atoms with E-state index in [1.807, 2.05) is 19.2 Å². The van der Waals surface area contributed by atoms with Crippen LogP contribution in [-0.2, 0) is 11.2 Å². The number of nitrogens with zero attached hydrogens (tertiary/aromatic N) is 1. The molecule has 0 radical (unpaired) electrons. The molecular formula is C33H32N2O7. The number of aromatic carboxylic acids is 2. The molecule has 4 N–H and O–H groups in total. The van der Waals surface area contributed by atoms with Gasteiger partial charge in [-0.05, 0) is 51.7 Å². The Bertz CT molecular complexity index is 1640. The summed E-state index contributed by atoms with van der Waals surface area (Å²) in [7, 11) is 3.38. The Morgan fingerprint density at radius 3 is 1.79 bits per heavy atom. The van der Waals surface area contributed by atoms with E-state index in [2.05, 4.69) is 18.0 Å². The van der Waals surface area contributed by atoms with Crippen molar-refractivity contribution in [1.82, 2.24) is 4.90 Å². The molecule has 42 heavy (non-hydrogen) atoms. The summed E-state index contributed by atoms with van der Waals surface area (Å²) in [5, 5.41) is 44.8. The third-order valence-electron chi connectivity index (χ3n) is 6.36. The zero-order chi connectivity index (χ0) is 31.0. The first-order chi connectivity index (χ1) is 19.9. The summed E-state index contributed by atoms with van der Waals surface area (Å²) < 4.78 is 0. The predicted octanol–water partition coefficient (Wildman–Crippen LogP) is 4.58. The molecular weight excluding hydrogens is 536 g/mol. The van der Waals surface area contributed by atoms with Crippen molar-refractivity contribution < 1.29 is 39.8 Å². The molecule has 9 heteroatoms. The summed E-state index contributed by atoms with van der Waals surface area (Å²) in [5.41, 5.74) is 2.35. The summed E-state index contributed by atoms with van der Waals surface area (Å²) in [6, 6.07) is 20.7. The highest BCUT2D eigenvalue weighted by molar-refractivity contribution is 6.02. The Labute approximate surface area is 242 Å². The Balaban J connectivity index is 0.000000309. The van der Waals surface area contributed by atoms with Gasteiger partial charge in [0.1, 0.15) is 11.3 Å². The smallest absolute Gasteiger partial charge is 0.339 e. The SMILES string of the molecule is CN(C)C=O.Cc1cc[nH+]c(C)c1.O=C(O)c1cc2ccccc2c(Cc2c(O)c(C(=O)O)cc3ccccc23)c1[O-]. The monoisotopic (exact) mass is 568 g/mol. The number of nitrogens with one attached hydrogen (secondary N) is 1. The number of aromatic amines is 1. The molecule has 5 rings (SSSR count). The molecule has 9 nitrogen and oxygen atoms in total. The van der Waals surface area contributed by atoms with Crippen LogP contribution in [0.4, 0.5) is 0 Å². The standard InChI is InChI=1S/C23H16O6.C7H9N.C3H7NO/c24-20-16(14-7-3-1-5-12(14)9-18(20)22(26)27)11-17-15-8-4-2-6-13(15)10-19(21(17)25)23(28)29;1-6-3-4-8-7(2)5-6;1-4(2)3-5/h1-10,24-25H,11H2,(H,26,27)(H,28,29);3-5H,1-2H3;3H,1-2H3. The van der Waals surface area contributed by atoms with Crippen molar-refractivity contribution >= 4 is 39.9 Å². The van der Waals surface area contributed by atoms with Gasteiger partial charge in [-0.25, -0.2) is 14.6 Å². The fourth-order valence-electron chi connectivity index (χ4n) is 4.40. The number of phenols is 1. The topological polar surface area (TPSA) is 152 Å². The average molecular weight is 569 g/mol. The second-order valence-corrected chi connectivity index (χ2v) is 9.83. The largest absolute Gasteiger partial charge is 0.872 e. The summed E-state index contributed by atoms with van der Waals surface area (Å²) in [5.74, 6) is -3.71. The predicted molar refractivity (Wildman–Crippen MR) is 158 cm³/mol. The fraction of sp³-hybridized carbons (Fsp3) is 0.152. The first-order valence-electron chi connectivity index (χ1n) is 12.9. The quantitative estimate of drug-likeness (QED) is 0.262. The lowest BCUT2D eigenvalue weighted by Crippen LogP contribution is -2.09. The highest BCUT2D eigenvalue weighted by atomic mass is 16.4. The minimum absolute atomic E-state index is 0.103. The van der Waals surface area contributed by atoms with Crippen LogP contribution in [0.25, 0.3) is 21.5 Å². The lowest BCUT2D eigenvalue weighted by molar-refractivity contribution is -0.387. The van der Waals surface area contributed by atoms with Crippen LogP contribution in [0.2, 0.25) is 0 Å². The van der Waals surface area contributed by atoms with Crippen LogP contribution in [0.15, 0.2) is 79.0 Å². The minimum Gasteiger partial charge on any atom is -0.872 e. The van der Waals surface area contributed by atoms with Crippen molar-refractivity contribution in [2.45, 2.75) is 20.3 Å². The lowest BCUT2D eigenvalue weighted by Gasteiger charge is -2.21. The van der Waals surface area contributed by atoms with Crippen LogP contribution < -0.4 is 10.1 Å². The maximum atomic E-state index is 12.9. The van der Waals surface area contributed by atoms with E-state index in [1.54, 1.807) is 62.6 Å². The van der Waals surface area contributed by atoms with E-state index < -0.39 is 23.4 Å². The van der Waals surface area contributed by atoms with E-state index in [1.165, 1.54) is 28.3 Å². The second-order valence-electron chi connectivity index (χ2n) is 9.83. The van der Waals surface area contributed by atoms with Gasteiger partial charge in [0, 0.05) is 45.1 Å². The number of benzene rings is 4. The molecule has 0 fully saturated rings. The average Bonchev–Trinajstić information content (AvgIpc) is 2.95. The summed E-state index contributed by atoms with van der Waals surface area (Å²) in [6.07, 6.45) is 2.60. The van der Waals surface area contributed by atoms with Crippen molar-refractivity contribution in [1.29, 1.82) is 0 Å². The minimum atomic E-state index is -1.34. The molecule has 0 aliphatic carbocycles. The molecule has 1 aromatic heterocycles. The van der Waals surface area contributed by atoms with Crippen molar-refractivity contribution in [3.05, 3.63) is 113 Å². The number of carbonyl (C=O) groups is 3. The summed E-state index contributed by atoms with van der Waals surface area (Å²) in [6.45, 7) is 4.13. The van der Waals surface area contributed by atoms with E-state index >= 15 is 0 Å². The van der Waals surface area contributed by atoms with E-state index in [4.69, 9.17) is 0 Å². The van der Waals surface area contributed by atoms with Crippen LogP contribution in [0.5, 0.6) is 11.5 Å². The van der Waals surface area contributed by atoms with Gasteiger partial charge in [0.15, 0.2) is 11.9 Å². The normalized spacial score (nSPS) is 10.2. The molecule has 0 unspecified atom stereocenters. The number of amides is 1. The van der Waals surface area contributed by atoms with Gasteiger partial charge in [0.25, 0.3) is 0 Å². The third kappa shape index (κ3) is 7.39. The molecule has 0 saturated carbocycles. The summed E-state index contributed by atoms with van der Waals surface area (Å²) >= 11 is 0. The molecule has 4 aromatic carbocycles. The molecule has 216 valence electrons. The number of carboxylic acid groups (broad SMARTS) is 2. The second kappa shape index (κ2) is 13.8. The van der Waals surface area contributed by atoms with E-state index in [-0.39, 0.29) is 28.7 Å². The maximum Gasteiger partial charge on any atom is 0.339 e. The number of carboxylic acids is 2. The van der Waals surface area contributed by atoms with Gasteiger partial charge in [-0.15, -0.1) is 0 Å². The zero-order valence-electron chi connectivity index (χ0n) is 23.7. The number of fused-ring (bicyclic) bond motifs is 2. The van der Waals surface area contributed by atoms with E-state index in [0.29, 0.717) is 21.5 Å². The van der Waals surface area contributed by atoms with Crippen LogP contribution in [0.1, 0.15) is 43.1 Å². The number of aromatic nitrogens is 1. The molecule has 0 spiro atoms. The van der Waals surface area contributed by atoms with Crippen LogP contribution in [0.3, 0.4) is 0 Å². The van der Waals surface area contributed by atoms with Crippen LogP contribution in [-0.4, -0.2) is 52.7 Å². The molecule has 0 atom stereocenters. The number of rotatable bonds is 5. The van der Waals surface area contributed by atoms with Crippen LogP contribution in [0, 0.1) is 13.8 Å². The molecule has 0 aliphatic rings. The van der Waals surface area contributed by atoms with Crippen molar-refractivity contribution in [2.24, 2.45) is 0 Å². The van der Waals surface area contributed by atoms with Gasteiger partial charge in [-0.3, -0.25) is 4.79 Å². The maximum absolute atomic E-state index is 12.9. The molecule has 1 heterocycles. The molecule has 5 aromatic rings. The molecule has 0 bridgehead atoms. The number of H-pyrrole nitrogens is 1. The lowest BCUT2D eigenvalue weighted by atomic mass is 9.90. The number of carbonyl (C=O) groups excluding carboxylic acids is 1.